The van der Waals surface area contributed by atoms with Crippen molar-refractivity contribution in [1.82, 2.24) is 0 Å². The molecule has 1 saturated heterocycles. The van der Waals surface area contributed by atoms with Gasteiger partial charge in [0.15, 0.2) is 0 Å². The molecule has 1 rings (SSSR count). The van der Waals surface area contributed by atoms with E-state index in [0.717, 1.165) is 18.1 Å². The van der Waals surface area contributed by atoms with Gasteiger partial charge in [0, 0.05) is 17.4 Å². The van der Waals surface area contributed by atoms with Gasteiger partial charge in [-0.2, -0.15) is 0 Å². The van der Waals surface area contributed by atoms with Crippen LogP contribution in [-0.4, -0.2) is 23.6 Å². The molecule has 0 unspecified atom stereocenters. The minimum atomic E-state index is -0.0408. The van der Waals surface area contributed by atoms with Gasteiger partial charge in [-0.15, -0.1) is 0 Å². The van der Waals surface area contributed by atoms with Gasteiger partial charge in [-0.25, -0.2) is 0 Å². The van der Waals surface area contributed by atoms with Crippen LogP contribution in [0.1, 0.15) is 39.0 Å². The normalized spacial score (nSPS) is 21.1. The summed E-state index contributed by atoms with van der Waals surface area (Å²) in [5.74, 6) is 1.26. The summed E-state index contributed by atoms with van der Waals surface area (Å²) >= 11 is 0. The number of hydrogen-bond acceptors (Lipinski definition) is 4. The summed E-state index contributed by atoms with van der Waals surface area (Å²) in [6.07, 6.45) is 5.35. The van der Waals surface area contributed by atoms with E-state index in [1.807, 2.05) is 28.5 Å². The van der Waals surface area contributed by atoms with E-state index in [-0.39, 0.29) is 5.97 Å². The highest BCUT2D eigenvalue weighted by Crippen LogP contribution is 2.39. The molecular formula is C10H18O2S2. The molecule has 1 atom stereocenters. The molecule has 2 nitrogen and oxygen atoms in total. The maximum absolute atomic E-state index is 11.0. The standard InChI is InChI=1S/C10H18O2S2/c1-2-12-10(11)6-4-3-5-9-7-8-13-14-9/h9H,2-8H2,1H3/t9-/m0/s1. The van der Waals surface area contributed by atoms with E-state index < -0.39 is 0 Å². The molecule has 82 valence electrons. The van der Waals surface area contributed by atoms with E-state index in [9.17, 15) is 4.79 Å². The molecule has 1 aliphatic rings. The van der Waals surface area contributed by atoms with Crippen molar-refractivity contribution in [1.29, 1.82) is 0 Å². The fourth-order valence-corrected chi connectivity index (χ4v) is 4.47. The first-order valence-corrected chi connectivity index (χ1v) is 7.65. The first kappa shape index (κ1) is 12.2. The Labute approximate surface area is 93.9 Å². The molecule has 0 radical (unpaired) electrons. The maximum Gasteiger partial charge on any atom is 0.305 e. The molecule has 0 saturated carbocycles. The number of unbranched alkanes of at least 4 members (excludes halogenated alkanes) is 1. The van der Waals surface area contributed by atoms with Crippen molar-refractivity contribution in [2.24, 2.45) is 0 Å². The van der Waals surface area contributed by atoms with Crippen molar-refractivity contribution < 1.29 is 9.53 Å². The molecule has 0 aromatic heterocycles. The number of esters is 1. The van der Waals surface area contributed by atoms with Gasteiger partial charge in [0.1, 0.15) is 0 Å². The Morgan fingerprint density at radius 1 is 1.50 bits per heavy atom. The lowest BCUT2D eigenvalue weighted by Crippen LogP contribution is -2.04. The van der Waals surface area contributed by atoms with Crippen molar-refractivity contribution in [2.75, 3.05) is 12.4 Å². The van der Waals surface area contributed by atoms with E-state index in [4.69, 9.17) is 4.74 Å². The Kier molecular flexibility index (Phi) is 6.52. The number of hydrogen-bond donors (Lipinski definition) is 0. The Morgan fingerprint density at radius 3 is 3.00 bits per heavy atom. The van der Waals surface area contributed by atoms with Crippen LogP contribution in [0.3, 0.4) is 0 Å². The zero-order valence-electron chi connectivity index (χ0n) is 8.66. The average Bonchev–Trinajstić information content (AvgIpc) is 2.65. The van der Waals surface area contributed by atoms with Crippen LogP contribution in [0.15, 0.2) is 0 Å². The summed E-state index contributed by atoms with van der Waals surface area (Å²) in [5.41, 5.74) is 0. The number of carbonyl (C=O) groups is 1. The molecule has 0 aliphatic carbocycles. The molecule has 0 bridgehead atoms. The lowest BCUT2D eigenvalue weighted by atomic mass is 10.1. The lowest BCUT2D eigenvalue weighted by Gasteiger charge is -2.06. The summed E-state index contributed by atoms with van der Waals surface area (Å²) < 4.78 is 4.87. The van der Waals surface area contributed by atoms with Gasteiger partial charge in [0.25, 0.3) is 0 Å². The molecule has 1 fully saturated rings. The predicted molar refractivity (Wildman–Crippen MR) is 63.6 cm³/mol. The van der Waals surface area contributed by atoms with Crippen LogP contribution in [0.4, 0.5) is 0 Å². The van der Waals surface area contributed by atoms with Crippen LogP contribution < -0.4 is 0 Å². The van der Waals surface area contributed by atoms with Crippen LogP contribution in [0.5, 0.6) is 0 Å². The molecular weight excluding hydrogens is 216 g/mol. The fourth-order valence-electron chi connectivity index (χ4n) is 1.44. The van der Waals surface area contributed by atoms with E-state index in [1.54, 1.807) is 0 Å². The van der Waals surface area contributed by atoms with Crippen LogP contribution in [-0.2, 0) is 9.53 Å². The van der Waals surface area contributed by atoms with Crippen LogP contribution in [0, 0.1) is 0 Å². The maximum atomic E-state index is 11.0. The monoisotopic (exact) mass is 234 g/mol. The third kappa shape index (κ3) is 5.15. The summed E-state index contributed by atoms with van der Waals surface area (Å²) in [6, 6.07) is 0. The summed E-state index contributed by atoms with van der Waals surface area (Å²) in [6.45, 7) is 2.36. The van der Waals surface area contributed by atoms with Gasteiger partial charge in [0.05, 0.1) is 6.61 Å². The van der Waals surface area contributed by atoms with E-state index in [1.165, 1.54) is 18.6 Å². The summed E-state index contributed by atoms with van der Waals surface area (Å²) in [7, 11) is 3.99. The smallest absolute Gasteiger partial charge is 0.305 e. The predicted octanol–water partition coefficient (Wildman–Crippen LogP) is 3.26. The van der Waals surface area contributed by atoms with Crippen molar-refractivity contribution in [3.63, 3.8) is 0 Å². The average molecular weight is 234 g/mol. The van der Waals surface area contributed by atoms with E-state index in [2.05, 4.69) is 0 Å². The van der Waals surface area contributed by atoms with Crippen molar-refractivity contribution in [2.45, 2.75) is 44.3 Å². The third-order valence-corrected chi connectivity index (χ3v) is 5.20. The van der Waals surface area contributed by atoms with Crippen LogP contribution in [0.25, 0.3) is 0 Å². The summed E-state index contributed by atoms with van der Waals surface area (Å²) in [5, 5.41) is 0.835. The molecule has 0 amide bonds. The van der Waals surface area contributed by atoms with Gasteiger partial charge in [0.2, 0.25) is 0 Å². The van der Waals surface area contributed by atoms with Crippen LogP contribution >= 0.6 is 21.6 Å². The third-order valence-electron chi connectivity index (χ3n) is 2.19. The van der Waals surface area contributed by atoms with E-state index in [0.29, 0.717) is 13.0 Å². The van der Waals surface area contributed by atoms with E-state index >= 15 is 0 Å². The largest absolute Gasteiger partial charge is 0.466 e. The molecule has 0 N–H and O–H groups in total. The first-order valence-electron chi connectivity index (χ1n) is 5.27. The molecule has 1 aliphatic heterocycles. The number of ether oxygens (including phenoxy) is 1. The zero-order valence-corrected chi connectivity index (χ0v) is 10.3. The highest BCUT2D eigenvalue weighted by Gasteiger charge is 2.15. The number of rotatable bonds is 6. The van der Waals surface area contributed by atoms with Gasteiger partial charge in [-0.1, -0.05) is 28.0 Å². The summed E-state index contributed by atoms with van der Waals surface area (Å²) in [4.78, 5) is 11.0. The highest BCUT2D eigenvalue weighted by atomic mass is 33.1. The topological polar surface area (TPSA) is 26.3 Å². The second-order valence-corrected chi connectivity index (χ2v) is 6.17. The van der Waals surface area contributed by atoms with Crippen LogP contribution in [0.2, 0.25) is 0 Å². The molecule has 0 aromatic rings. The molecule has 0 aromatic carbocycles. The fraction of sp³-hybridized carbons (Fsp3) is 0.900. The van der Waals surface area contributed by atoms with Gasteiger partial charge >= 0.3 is 5.97 Å². The molecule has 0 spiro atoms. The minimum absolute atomic E-state index is 0.0408. The zero-order chi connectivity index (χ0) is 10.2. The second-order valence-electron chi connectivity index (χ2n) is 3.38. The SMILES string of the molecule is CCOC(=O)CCCC[C@H]1CCSS1. The Morgan fingerprint density at radius 2 is 2.36 bits per heavy atom. The molecule has 14 heavy (non-hydrogen) atoms. The lowest BCUT2D eigenvalue weighted by molar-refractivity contribution is -0.143. The molecule has 1 heterocycles. The first-order chi connectivity index (χ1) is 6.83. The van der Waals surface area contributed by atoms with Gasteiger partial charge in [-0.3, -0.25) is 4.79 Å². The Balaban J connectivity index is 1.90. The van der Waals surface area contributed by atoms with Gasteiger partial charge < -0.3 is 4.74 Å². The number of carbonyl (C=O) groups excluding carboxylic acids is 1. The van der Waals surface area contributed by atoms with Gasteiger partial charge in [-0.05, 0) is 26.2 Å². The van der Waals surface area contributed by atoms with Crippen molar-refractivity contribution in [3.05, 3.63) is 0 Å². The Hall–Kier alpha value is 0.170. The Bertz CT molecular complexity index is 168. The highest BCUT2D eigenvalue weighted by molar-refractivity contribution is 8.77. The minimum Gasteiger partial charge on any atom is -0.466 e. The quantitative estimate of drug-likeness (QED) is 0.400. The van der Waals surface area contributed by atoms with Crippen molar-refractivity contribution in [3.8, 4) is 0 Å². The molecule has 4 heteroatoms. The second kappa shape index (κ2) is 7.46. The van der Waals surface area contributed by atoms with Crippen molar-refractivity contribution >= 4 is 27.6 Å².